The minimum atomic E-state index is -0.374. The second-order valence-corrected chi connectivity index (χ2v) is 6.66. The number of methoxy groups -OCH3 is 1. The largest absolute Gasteiger partial charge is 0.466 e. The van der Waals surface area contributed by atoms with E-state index in [0.29, 0.717) is 22.4 Å². The van der Waals surface area contributed by atoms with Crippen LogP contribution in [0, 0.1) is 0 Å². The topological polar surface area (TPSA) is 70.7 Å². The third-order valence-corrected chi connectivity index (χ3v) is 4.72. The molecule has 1 saturated carbocycles. The summed E-state index contributed by atoms with van der Waals surface area (Å²) in [7, 11) is 1.38. The number of carbonyl (C=O) groups excluding carboxylic acids is 2. The number of carbonyl (C=O) groups is 2. The van der Waals surface area contributed by atoms with Gasteiger partial charge in [0.25, 0.3) is 0 Å². The molecule has 2 N–H and O–H groups in total. The molecule has 1 aromatic rings. The Bertz CT molecular complexity index is 753. The average molecular weight is 359 g/mol. The Morgan fingerprint density at radius 1 is 1.28 bits per heavy atom. The highest BCUT2D eigenvalue weighted by molar-refractivity contribution is 7.80. The summed E-state index contributed by atoms with van der Waals surface area (Å²) >= 11 is 5.53. The highest BCUT2D eigenvalue weighted by Crippen LogP contribution is 2.38. The Kier molecular flexibility index (Phi) is 4.76. The van der Waals surface area contributed by atoms with Gasteiger partial charge in [-0.3, -0.25) is 4.79 Å². The number of hydrogen-bond acceptors (Lipinski definition) is 4. The maximum Gasteiger partial charge on any atom is 0.337 e. The van der Waals surface area contributed by atoms with Crippen molar-refractivity contribution < 1.29 is 14.3 Å². The lowest BCUT2D eigenvalue weighted by Gasteiger charge is -2.37. The van der Waals surface area contributed by atoms with Crippen LogP contribution in [0.1, 0.15) is 38.3 Å². The lowest BCUT2D eigenvalue weighted by Crippen LogP contribution is -2.48. The number of thiocarbonyl (C=S) groups is 1. The molecule has 1 aliphatic heterocycles. The van der Waals surface area contributed by atoms with Gasteiger partial charge in [-0.25, -0.2) is 4.79 Å². The summed E-state index contributed by atoms with van der Waals surface area (Å²) < 4.78 is 5.01. The number of rotatable bonds is 4. The predicted octanol–water partition coefficient (Wildman–Crippen LogP) is 2.49. The molecule has 6 nitrogen and oxygen atoms in total. The Morgan fingerprint density at radius 2 is 1.92 bits per heavy atom. The van der Waals surface area contributed by atoms with Gasteiger partial charge < -0.3 is 20.3 Å². The Balaban J connectivity index is 1.97. The van der Waals surface area contributed by atoms with Crippen molar-refractivity contribution in [3.05, 3.63) is 41.1 Å². The molecule has 0 saturated heterocycles. The van der Waals surface area contributed by atoms with Crippen molar-refractivity contribution in [2.75, 3.05) is 12.4 Å². The van der Waals surface area contributed by atoms with E-state index >= 15 is 0 Å². The molecule has 3 rings (SSSR count). The van der Waals surface area contributed by atoms with Crippen molar-refractivity contribution in [3.63, 3.8) is 0 Å². The molecule has 1 amide bonds. The van der Waals surface area contributed by atoms with Crippen LogP contribution in [0.5, 0.6) is 0 Å². The molecule has 1 fully saturated rings. The molecule has 0 radical (unpaired) electrons. The second-order valence-electron chi connectivity index (χ2n) is 6.28. The molecule has 1 atom stereocenters. The van der Waals surface area contributed by atoms with Crippen molar-refractivity contribution >= 4 is 34.9 Å². The maximum absolute atomic E-state index is 12.4. The standard InChI is InChI=1S/C18H21N3O3S/c1-10-15(17(23)24-3)16(20-18(25)21(10)14-8-9-14)12-4-6-13(7-5-12)19-11(2)22/h4-7,14,16H,8-9H2,1-3H3,(H,19,22)(H,20,25). The molecule has 0 aromatic heterocycles. The van der Waals surface area contributed by atoms with Crippen LogP contribution < -0.4 is 10.6 Å². The number of anilines is 1. The molecule has 25 heavy (non-hydrogen) atoms. The van der Waals surface area contributed by atoms with E-state index in [9.17, 15) is 9.59 Å². The van der Waals surface area contributed by atoms with Gasteiger partial charge in [-0.2, -0.15) is 0 Å². The first-order valence-electron chi connectivity index (χ1n) is 8.18. The monoisotopic (exact) mass is 359 g/mol. The number of nitrogens with one attached hydrogen (secondary N) is 2. The van der Waals surface area contributed by atoms with Gasteiger partial charge in [0.1, 0.15) is 0 Å². The van der Waals surface area contributed by atoms with E-state index in [0.717, 1.165) is 24.1 Å². The van der Waals surface area contributed by atoms with Gasteiger partial charge in [0.2, 0.25) is 5.91 Å². The SMILES string of the molecule is COC(=O)C1=C(C)N(C2CC2)C(=S)NC1c1ccc(NC(C)=O)cc1. The van der Waals surface area contributed by atoms with Crippen LogP contribution in [0.3, 0.4) is 0 Å². The third kappa shape index (κ3) is 3.51. The van der Waals surface area contributed by atoms with Crippen LogP contribution in [0.2, 0.25) is 0 Å². The minimum absolute atomic E-state index is 0.129. The smallest absolute Gasteiger partial charge is 0.337 e. The normalized spacial score (nSPS) is 20.2. The molecular formula is C18H21N3O3S. The van der Waals surface area contributed by atoms with Crippen LogP contribution in [0.15, 0.2) is 35.5 Å². The number of nitrogens with zero attached hydrogens (tertiary/aromatic N) is 1. The van der Waals surface area contributed by atoms with Crippen LogP contribution in [0.25, 0.3) is 0 Å². The van der Waals surface area contributed by atoms with E-state index < -0.39 is 0 Å². The van der Waals surface area contributed by atoms with Crippen molar-refractivity contribution in [1.82, 2.24) is 10.2 Å². The molecule has 1 aliphatic carbocycles. The minimum Gasteiger partial charge on any atom is -0.466 e. The first-order chi connectivity index (χ1) is 11.9. The molecule has 0 bridgehead atoms. The first kappa shape index (κ1) is 17.4. The molecule has 7 heteroatoms. The van der Waals surface area contributed by atoms with Crippen molar-refractivity contribution in [3.8, 4) is 0 Å². The van der Waals surface area contributed by atoms with Gasteiger partial charge in [0, 0.05) is 24.4 Å². The van der Waals surface area contributed by atoms with Crippen molar-refractivity contribution in [2.45, 2.75) is 38.8 Å². The molecule has 2 aliphatic rings. The van der Waals surface area contributed by atoms with Crippen molar-refractivity contribution in [1.29, 1.82) is 0 Å². The highest BCUT2D eigenvalue weighted by Gasteiger charge is 2.40. The fraction of sp³-hybridized carbons (Fsp3) is 0.389. The number of esters is 1. The number of amides is 1. The summed E-state index contributed by atoms with van der Waals surface area (Å²) in [4.78, 5) is 25.6. The molecule has 132 valence electrons. The van der Waals surface area contributed by atoms with E-state index in [1.807, 2.05) is 24.0 Å². The van der Waals surface area contributed by atoms with Crippen LogP contribution in [-0.4, -0.2) is 35.0 Å². The fourth-order valence-electron chi connectivity index (χ4n) is 3.12. The van der Waals surface area contributed by atoms with Gasteiger partial charge in [0.05, 0.1) is 18.7 Å². The number of benzene rings is 1. The van der Waals surface area contributed by atoms with E-state index in [1.54, 1.807) is 12.1 Å². The first-order valence-corrected chi connectivity index (χ1v) is 8.59. The molecule has 1 unspecified atom stereocenters. The van der Waals surface area contributed by atoms with Gasteiger partial charge >= 0.3 is 5.97 Å². The third-order valence-electron chi connectivity index (χ3n) is 4.41. The number of hydrogen-bond donors (Lipinski definition) is 2. The number of ether oxygens (including phenoxy) is 1. The lowest BCUT2D eigenvalue weighted by molar-refractivity contribution is -0.136. The Morgan fingerprint density at radius 3 is 2.44 bits per heavy atom. The van der Waals surface area contributed by atoms with E-state index in [-0.39, 0.29) is 17.9 Å². The van der Waals surface area contributed by atoms with Crippen LogP contribution in [-0.2, 0) is 14.3 Å². The zero-order valence-corrected chi connectivity index (χ0v) is 15.3. The molecule has 1 heterocycles. The van der Waals surface area contributed by atoms with Crippen LogP contribution >= 0.6 is 12.2 Å². The van der Waals surface area contributed by atoms with Crippen molar-refractivity contribution in [2.24, 2.45) is 0 Å². The summed E-state index contributed by atoms with van der Waals surface area (Å²) in [5.74, 6) is -0.495. The zero-order chi connectivity index (χ0) is 18.1. The Hall–Kier alpha value is -2.41. The van der Waals surface area contributed by atoms with Gasteiger partial charge in [-0.1, -0.05) is 12.1 Å². The summed E-state index contributed by atoms with van der Waals surface area (Å²) in [6.45, 7) is 3.37. The quantitative estimate of drug-likeness (QED) is 0.636. The predicted molar refractivity (Wildman–Crippen MR) is 98.8 cm³/mol. The second kappa shape index (κ2) is 6.84. The summed E-state index contributed by atoms with van der Waals surface area (Å²) in [6.07, 6.45) is 2.15. The molecular weight excluding hydrogens is 338 g/mol. The highest BCUT2D eigenvalue weighted by atomic mass is 32.1. The number of allylic oxidation sites excluding steroid dienone is 1. The van der Waals surface area contributed by atoms with Crippen LogP contribution in [0.4, 0.5) is 5.69 Å². The zero-order valence-electron chi connectivity index (χ0n) is 14.5. The molecule has 0 spiro atoms. The summed E-state index contributed by atoms with van der Waals surface area (Å²) in [5.41, 5.74) is 2.99. The summed E-state index contributed by atoms with van der Waals surface area (Å²) in [5, 5.41) is 6.63. The van der Waals surface area contributed by atoms with E-state index in [2.05, 4.69) is 10.6 Å². The fourth-order valence-corrected chi connectivity index (χ4v) is 3.52. The van der Waals surface area contributed by atoms with E-state index in [1.165, 1.54) is 14.0 Å². The summed E-state index contributed by atoms with van der Waals surface area (Å²) in [6, 6.07) is 7.34. The maximum atomic E-state index is 12.4. The average Bonchev–Trinajstić information content (AvgIpc) is 3.38. The van der Waals surface area contributed by atoms with Gasteiger partial charge in [-0.05, 0) is 49.7 Å². The van der Waals surface area contributed by atoms with Gasteiger partial charge in [0.15, 0.2) is 5.11 Å². The molecule has 1 aromatic carbocycles. The lowest BCUT2D eigenvalue weighted by atomic mass is 9.94. The van der Waals surface area contributed by atoms with Gasteiger partial charge in [-0.15, -0.1) is 0 Å². The Labute approximate surface area is 152 Å². The van der Waals surface area contributed by atoms with E-state index in [4.69, 9.17) is 17.0 Å².